The van der Waals surface area contributed by atoms with E-state index in [4.69, 9.17) is 21.4 Å². The Labute approximate surface area is 228 Å². The highest BCUT2D eigenvalue weighted by Crippen LogP contribution is 2.18. The largest absolute Gasteiger partial charge is 0.490 e. The standard InChI is InChI=1S/C22H33N5O6.C2HF3O2/c1-14(26-19(29)9-10-23)18(28)13-16(4-3-11-25-22(24)32)21(31)27-17-7-5-15(6-8-17)12-20(30)33-2;3-2(4,5)1(6)7/h5-8,14,16H,3-4,9-13,23H2,1-2H3,(H,26,29)(H,27,31)(H3,24,25,32);(H,6,7)/t14-,16+;/m0./s1. The summed E-state index contributed by atoms with van der Waals surface area (Å²) in [4.78, 5) is 68.3. The fourth-order valence-electron chi connectivity index (χ4n) is 3.02. The van der Waals surface area contributed by atoms with Crippen LogP contribution in [0.5, 0.6) is 0 Å². The number of nitrogens with one attached hydrogen (secondary N) is 3. The minimum atomic E-state index is -5.08. The van der Waals surface area contributed by atoms with Crippen LogP contribution in [0.2, 0.25) is 0 Å². The third-order valence-corrected chi connectivity index (χ3v) is 5.12. The van der Waals surface area contributed by atoms with Crippen molar-refractivity contribution in [3.05, 3.63) is 29.8 Å². The number of primary amides is 1. The Bertz CT molecular complexity index is 1020. The molecule has 8 N–H and O–H groups in total. The first kappa shape index (κ1) is 35.8. The lowest BCUT2D eigenvalue weighted by Gasteiger charge is -2.19. The van der Waals surface area contributed by atoms with Gasteiger partial charge in [-0.1, -0.05) is 12.1 Å². The van der Waals surface area contributed by atoms with Gasteiger partial charge in [-0.3, -0.25) is 19.2 Å². The molecule has 0 aliphatic carbocycles. The van der Waals surface area contributed by atoms with Crippen molar-refractivity contribution in [3.8, 4) is 0 Å². The molecule has 0 saturated heterocycles. The first-order valence-corrected chi connectivity index (χ1v) is 11.9. The summed E-state index contributed by atoms with van der Waals surface area (Å²) in [5.74, 6) is -4.82. The summed E-state index contributed by atoms with van der Waals surface area (Å²) in [7, 11) is 1.31. The molecule has 1 rings (SSSR count). The molecule has 224 valence electrons. The van der Waals surface area contributed by atoms with E-state index in [1.54, 1.807) is 31.2 Å². The quantitative estimate of drug-likeness (QED) is 0.136. The van der Waals surface area contributed by atoms with Crippen LogP contribution in [0.1, 0.15) is 38.2 Å². The number of carbonyl (C=O) groups excluding carboxylic acids is 5. The van der Waals surface area contributed by atoms with Crippen LogP contribution < -0.4 is 27.4 Å². The smallest absolute Gasteiger partial charge is 0.475 e. The second kappa shape index (κ2) is 18.1. The van der Waals surface area contributed by atoms with E-state index in [0.29, 0.717) is 18.5 Å². The number of nitrogens with two attached hydrogens (primary N) is 2. The van der Waals surface area contributed by atoms with Gasteiger partial charge in [-0.2, -0.15) is 13.2 Å². The molecule has 13 nitrogen and oxygen atoms in total. The predicted molar refractivity (Wildman–Crippen MR) is 136 cm³/mol. The molecule has 0 aliphatic rings. The van der Waals surface area contributed by atoms with Gasteiger partial charge in [-0.05, 0) is 37.5 Å². The molecule has 1 aromatic rings. The second-order valence-corrected chi connectivity index (χ2v) is 8.37. The normalized spacial score (nSPS) is 12.1. The number of ketones is 1. The molecule has 0 fully saturated rings. The highest BCUT2D eigenvalue weighted by molar-refractivity contribution is 5.97. The third kappa shape index (κ3) is 15.9. The maximum absolute atomic E-state index is 12.9. The van der Waals surface area contributed by atoms with Gasteiger partial charge >= 0.3 is 24.1 Å². The average Bonchev–Trinajstić information content (AvgIpc) is 2.86. The first-order chi connectivity index (χ1) is 18.6. The second-order valence-electron chi connectivity index (χ2n) is 8.37. The van der Waals surface area contributed by atoms with Crippen molar-refractivity contribution in [2.45, 2.75) is 51.2 Å². The number of amides is 4. The van der Waals surface area contributed by atoms with Crippen LogP contribution in [-0.2, 0) is 35.1 Å². The summed E-state index contributed by atoms with van der Waals surface area (Å²) in [6, 6.07) is 5.26. The van der Waals surface area contributed by atoms with Crippen molar-refractivity contribution in [2.24, 2.45) is 17.4 Å². The lowest BCUT2D eigenvalue weighted by atomic mass is 9.93. The van der Waals surface area contributed by atoms with Crippen LogP contribution in [0.15, 0.2) is 24.3 Å². The number of esters is 1. The lowest BCUT2D eigenvalue weighted by molar-refractivity contribution is -0.192. The van der Waals surface area contributed by atoms with Gasteiger partial charge in [0.05, 0.1) is 19.6 Å². The summed E-state index contributed by atoms with van der Waals surface area (Å²) in [5, 5.41) is 14.9. The molecule has 0 heterocycles. The number of benzene rings is 1. The van der Waals surface area contributed by atoms with Crippen molar-refractivity contribution in [1.29, 1.82) is 0 Å². The maximum atomic E-state index is 12.9. The zero-order valence-electron chi connectivity index (χ0n) is 22.0. The molecule has 0 radical (unpaired) electrons. The number of hydrogen-bond acceptors (Lipinski definition) is 8. The van der Waals surface area contributed by atoms with Crippen molar-refractivity contribution in [3.63, 3.8) is 0 Å². The van der Waals surface area contributed by atoms with Crippen LogP contribution in [0.3, 0.4) is 0 Å². The maximum Gasteiger partial charge on any atom is 0.490 e. The molecule has 1 aromatic carbocycles. The number of carboxylic acid groups (broad SMARTS) is 1. The van der Waals surface area contributed by atoms with Gasteiger partial charge in [0.25, 0.3) is 0 Å². The monoisotopic (exact) mass is 577 g/mol. The van der Waals surface area contributed by atoms with Crippen molar-refractivity contribution >= 4 is 41.3 Å². The predicted octanol–water partition coefficient (Wildman–Crippen LogP) is 0.851. The van der Waals surface area contributed by atoms with Crippen molar-refractivity contribution < 1.29 is 51.8 Å². The molecule has 0 unspecified atom stereocenters. The minimum absolute atomic E-state index is 0.0904. The number of carbonyl (C=O) groups is 6. The molecular weight excluding hydrogens is 543 g/mol. The summed E-state index contributed by atoms with van der Waals surface area (Å²) in [6.45, 7) is 1.99. The summed E-state index contributed by atoms with van der Waals surface area (Å²) in [6.07, 6.45) is -4.20. The van der Waals surface area contributed by atoms with E-state index in [9.17, 15) is 37.1 Å². The Balaban J connectivity index is 0.00000191. The topological polar surface area (TPSA) is 220 Å². The zero-order chi connectivity index (χ0) is 30.9. The highest BCUT2D eigenvalue weighted by Gasteiger charge is 2.38. The van der Waals surface area contributed by atoms with E-state index in [1.165, 1.54) is 7.11 Å². The van der Waals surface area contributed by atoms with E-state index in [-0.39, 0.29) is 55.9 Å². The first-order valence-electron chi connectivity index (χ1n) is 11.9. The van der Waals surface area contributed by atoms with Gasteiger partial charge in [0.15, 0.2) is 5.78 Å². The molecule has 16 heteroatoms. The van der Waals surface area contributed by atoms with Crippen LogP contribution >= 0.6 is 0 Å². The van der Waals surface area contributed by atoms with E-state index in [1.807, 2.05) is 0 Å². The van der Waals surface area contributed by atoms with Gasteiger partial charge in [0.2, 0.25) is 11.8 Å². The minimum Gasteiger partial charge on any atom is -0.475 e. The molecular formula is C24H34F3N5O8. The number of methoxy groups -OCH3 is 1. The van der Waals surface area contributed by atoms with E-state index in [0.717, 1.165) is 5.56 Å². The van der Waals surface area contributed by atoms with Crippen molar-refractivity contribution in [1.82, 2.24) is 10.6 Å². The highest BCUT2D eigenvalue weighted by atomic mass is 19.4. The number of aliphatic carboxylic acids is 1. The SMILES string of the molecule is COC(=O)Cc1ccc(NC(=O)[C@H](CCCNC(N)=O)CC(=O)[C@H](C)NC(=O)CCN)cc1.O=C(O)C(F)(F)F. The van der Waals surface area contributed by atoms with Gasteiger partial charge in [0.1, 0.15) is 0 Å². The number of hydrogen-bond donors (Lipinski definition) is 6. The number of carboxylic acids is 1. The van der Waals surface area contributed by atoms with Gasteiger partial charge < -0.3 is 37.3 Å². The molecule has 40 heavy (non-hydrogen) atoms. The molecule has 0 aliphatic heterocycles. The molecule has 0 aromatic heterocycles. The van der Waals surface area contributed by atoms with Gasteiger partial charge in [0, 0.05) is 37.5 Å². The van der Waals surface area contributed by atoms with Gasteiger partial charge in [-0.15, -0.1) is 0 Å². The van der Waals surface area contributed by atoms with Crippen LogP contribution in [0.25, 0.3) is 0 Å². The Hall–Kier alpha value is -4.21. The molecule has 2 atom stereocenters. The van der Waals surface area contributed by atoms with Crippen LogP contribution in [0, 0.1) is 5.92 Å². The Morgan fingerprint density at radius 3 is 2.12 bits per heavy atom. The summed E-state index contributed by atoms with van der Waals surface area (Å²) < 4.78 is 36.4. The Morgan fingerprint density at radius 2 is 1.65 bits per heavy atom. The number of urea groups is 1. The van der Waals surface area contributed by atoms with Crippen molar-refractivity contribution in [2.75, 3.05) is 25.5 Å². The van der Waals surface area contributed by atoms with E-state index < -0.39 is 30.1 Å². The van der Waals surface area contributed by atoms with Crippen LogP contribution in [-0.4, -0.2) is 73.1 Å². The summed E-state index contributed by atoms with van der Waals surface area (Å²) >= 11 is 0. The molecule has 0 spiro atoms. The average molecular weight is 578 g/mol. The number of alkyl halides is 3. The molecule has 0 bridgehead atoms. The third-order valence-electron chi connectivity index (χ3n) is 5.12. The molecule has 0 saturated carbocycles. The number of ether oxygens (including phenoxy) is 1. The van der Waals surface area contributed by atoms with Crippen LogP contribution in [0.4, 0.5) is 23.7 Å². The number of halogens is 3. The number of Topliss-reactive ketones (excluding diaryl/α,β-unsaturated/α-hetero) is 1. The summed E-state index contributed by atoms with van der Waals surface area (Å²) in [5.41, 5.74) is 11.6. The Kier molecular flexibility index (Phi) is 16.2. The number of rotatable bonds is 14. The van der Waals surface area contributed by atoms with Gasteiger partial charge in [-0.25, -0.2) is 9.59 Å². The fourth-order valence-corrected chi connectivity index (χ4v) is 3.02. The zero-order valence-corrected chi connectivity index (χ0v) is 22.0. The Morgan fingerprint density at radius 1 is 1.07 bits per heavy atom. The number of anilines is 1. The molecule has 4 amide bonds. The van der Waals surface area contributed by atoms with E-state index in [2.05, 4.69) is 20.7 Å². The fraction of sp³-hybridized carbons (Fsp3) is 0.500. The van der Waals surface area contributed by atoms with E-state index >= 15 is 0 Å². The lowest BCUT2D eigenvalue weighted by Crippen LogP contribution is -2.41.